The first kappa shape index (κ1) is 17.2. The van der Waals surface area contributed by atoms with E-state index in [0.717, 1.165) is 11.6 Å². The van der Waals surface area contributed by atoms with Gasteiger partial charge in [0.1, 0.15) is 5.76 Å². The van der Waals surface area contributed by atoms with Crippen LogP contribution in [0.15, 0.2) is 34.3 Å². The zero-order chi connectivity index (χ0) is 16.2. The highest BCUT2D eigenvalue weighted by atomic mass is 32.2. The van der Waals surface area contributed by atoms with Crippen LogP contribution in [0.2, 0.25) is 0 Å². The first-order valence-corrected chi connectivity index (χ1v) is 7.97. The Labute approximate surface area is 131 Å². The number of hydrogen-bond donors (Lipinski definition) is 0. The van der Waals surface area contributed by atoms with Gasteiger partial charge in [0.25, 0.3) is 0 Å². The molecule has 0 aromatic carbocycles. The highest BCUT2D eigenvalue weighted by Gasteiger charge is 2.34. The van der Waals surface area contributed by atoms with Crippen molar-refractivity contribution in [3.63, 3.8) is 0 Å². The molecule has 0 unspecified atom stereocenters. The molecule has 0 spiro atoms. The second kappa shape index (κ2) is 7.39. The molecule has 1 aliphatic heterocycles. The molecular formula is C15H17F3O3S. The minimum absolute atomic E-state index is 0.155. The molecule has 22 heavy (non-hydrogen) atoms. The molecule has 2 rings (SSSR count). The largest absolute Gasteiger partial charge is 0.452 e. The third-order valence-electron chi connectivity index (χ3n) is 3.02. The maximum Gasteiger partial charge on any atom is 0.449 e. The van der Waals surface area contributed by atoms with Gasteiger partial charge in [-0.25, -0.2) is 0 Å². The number of thioether (sulfide) groups is 1. The first-order valence-electron chi connectivity index (χ1n) is 6.68. The topological polar surface area (TPSA) is 31.6 Å². The third-order valence-corrected chi connectivity index (χ3v) is 3.96. The molecular weight excluding hydrogens is 317 g/mol. The lowest BCUT2D eigenvalue weighted by molar-refractivity contribution is -0.153. The molecule has 0 radical (unpaired) electrons. The molecule has 0 saturated carbocycles. The standard InChI is InChI=1S/C15H17F3O3S/c1-10(3-6-14-19-8-12(22-2)9-20-14)7-11-4-5-13(21-11)15(16,17)18/h3-7,12,14H,8-9H2,1-2H3. The van der Waals surface area contributed by atoms with Crippen LogP contribution in [-0.2, 0) is 15.7 Å². The van der Waals surface area contributed by atoms with Crippen LogP contribution in [0, 0.1) is 0 Å². The maximum absolute atomic E-state index is 12.4. The summed E-state index contributed by atoms with van der Waals surface area (Å²) >= 11 is 1.69. The molecule has 0 amide bonds. The number of furan rings is 1. The molecule has 0 N–H and O–H groups in total. The number of ether oxygens (including phenoxy) is 2. The lowest BCUT2D eigenvalue weighted by Crippen LogP contribution is -2.32. The quantitative estimate of drug-likeness (QED) is 0.766. The number of alkyl halides is 3. The Morgan fingerprint density at radius 1 is 1.27 bits per heavy atom. The van der Waals surface area contributed by atoms with E-state index < -0.39 is 18.2 Å². The Hall–Kier alpha value is -1.18. The van der Waals surface area contributed by atoms with E-state index in [2.05, 4.69) is 0 Å². The normalized spacial score (nSPS) is 24.1. The van der Waals surface area contributed by atoms with E-state index >= 15 is 0 Å². The molecule has 1 fully saturated rings. The average Bonchev–Trinajstić information content (AvgIpc) is 2.94. The second-order valence-electron chi connectivity index (χ2n) is 4.84. The van der Waals surface area contributed by atoms with Crippen molar-refractivity contribution in [2.75, 3.05) is 19.5 Å². The van der Waals surface area contributed by atoms with Crippen molar-refractivity contribution in [2.45, 2.75) is 24.6 Å². The van der Waals surface area contributed by atoms with Gasteiger partial charge in [-0.2, -0.15) is 24.9 Å². The summed E-state index contributed by atoms with van der Waals surface area (Å²) < 4.78 is 53.0. The average molecular weight is 334 g/mol. The van der Waals surface area contributed by atoms with E-state index in [0.29, 0.717) is 18.5 Å². The van der Waals surface area contributed by atoms with Gasteiger partial charge in [0.05, 0.1) is 18.5 Å². The van der Waals surface area contributed by atoms with Crippen molar-refractivity contribution < 1.29 is 27.1 Å². The van der Waals surface area contributed by atoms with Crippen LogP contribution in [0.3, 0.4) is 0 Å². The Kier molecular flexibility index (Phi) is 5.77. The molecule has 1 aliphatic rings. The van der Waals surface area contributed by atoms with E-state index in [1.807, 2.05) is 6.26 Å². The molecule has 0 atom stereocenters. The molecule has 2 heterocycles. The summed E-state index contributed by atoms with van der Waals surface area (Å²) in [7, 11) is 0. The van der Waals surface area contributed by atoms with Crippen molar-refractivity contribution in [1.29, 1.82) is 0 Å². The Balaban J connectivity index is 1.92. The van der Waals surface area contributed by atoms with E-state index in [1.54, 1.807) is 30.8 Å². The first-order chi connectivity index (χ1) is 10.4. The lowest BCUT2D eigenvalue weighted by Gasteiger charge is -2.26. The summed E-state index contributed by atoms with van der Waals surface area (Å²) in [5, 5.41) is 0.338. The predicted octanol–water partition coefficient (Wildman–Crippen LogP) is 4.36. The predicted molar refractivity (Wildman–Crippen MR) is 79.5 cm³/mol. The molecule has 1 aromatic rings. The van der Waals surface area contributed by atoms with Gasteiger partial charge < -0.3 is 13.9 Å². The van der Waals surface area contributed by atoms with Gasteiger partial charge in [0.15, 0.2) is 6.29 Å². The van der Waals surface area contributed by atoms with Crippen LogP contribution in [0.1, 0.15) is 18.4 Å². The summed E-state index contributed by atoms with van der Waals surface area (Å²) in [6.45, 7) is 3.00. The van der Waals surface area contributed by atoms with Crippen molar-refractivity contribution >= 4 is 17.8 Å². The van der Waals surface area contributed by atoms with Gasteiger partial charge in [-0.1, -0.05) is 6.08 Å². The number of hydrogen-bond acceptors (Lipinski definition) is 4. The monoisotopic (exact) mass is 334 g/mol. The summed E-state index contributed by atoms with van der Waals surface area (Å²) in [5.41, 5.74) is 0.738. The fourth-order valence-corrected chi connectivity index (χ4v) is 2.26. The zero-order valence-corrected chi connectivity index (χ0v) is 13.0. The fraction of sp³-hybridized carbons (Fsp3) is 0.467. The lowest BCUT2D eigenvalue weighted by atomic mass is 10.2. The number of allylic oxidation sites excluding steroid dienone is 2. The van der Waals surface area contributed by atoms with E-state index in [4.69, 9.17) is 13.9 Å². The van der Waals surface area contributed by atoms with Crippen molar-refractivity contribution in [2.24, 2.45) is 0 Å². The zero-order valence-electron chi connectivity index (χ0n) is 12.2. The smallest absolute Gasteiger partial charge is 0.449 e. The summed E-state index contributed by atoms with van der Waals surface area (Å²) in [5.74, 6) is -0.847. The molecule has 1 saturated heterocycles. The summed E-state index contributed by atoms with van der Waals surface area (Å²) in [6.07, 6.45) is 2.11. The molecule has 7 heteroatoms. The van der Waals surface area contributed by atoms with Crippen LogP contribution in [0.25, 0.3) is 6.08 Å². The van der Waals surface area contributed by atoms with Gasteiger partial charge in [-0.15, -0.1) is 0 Å². The van der Waals surface area contributed by atoms with E-state index in [9.17, 15) is 13.2 Å². The number of halogens is 3. The Morgan fingerprint density at radius 2 is 1.95 bits per heavy atom. The Bertz CT molecular complexity index is 540. The van der Waals surface area contributed by atoms with Crippen LogP contribution >= 0.6 is 11.8 Å². The van der Waals surface area contributed by atoms with Crippen LogP contribution in [0.5, 0.6) is 0 Å². The highest BCUT2D eigenvalue weighted by Crippen LogP contribution is 2.31. The molecule has 122 valence electrons. The van der Waals surface area contributed by atoms with Gasteiger partial charge in [0.2, 0.25) is 5.76 Å². The molecule has 0 bridgehead atoms. The van der Waals surface area contributed by atoms with E-state index in [1.165, 1.54) is 12.1 Å². The van der Waals surface area contributed by atoms with E-state index in [-0.39, 0.29) is 5.76 Å². The third kappa shape index (κ3) is 4.93. The van der Waals surface area contributed by atoms with Crippen molar-refractivity contribution in [3.8, 4) is 0 Å². The minimum Gasteiger partial charge on any atom is -0.452 e. The summed E-state index contributed by atoms with van der Waals surface area (Å²) in [6, 6.07) is 2.20. The van der Waals surface area contributed by atoms with Crippen molar-refractivity contribution in [1.82, 2.24) is 0 Å². The highest BCUT2D eigenvalue weighted by molar-refractivity contribution is 7.99. The van der Waals surface area contributed by atoms with Gasteiger partial charge in [0, 0.05) is 0 Å². The van der Waals surface area contributed by atoms with Crippen LogP contribution in [-0.4, -0.2) is 31.0 Å². The number of rotatable bonds is 4. The SMILES string of the molecule is CSC1COC(C=CC(C)=Cc2ccc(C(F)(F)F)o2)OC1. The maximum atomic E-state index is 12.4. The van der Waals surface area contributed by atoms with Gasteiger partial charge >= 0.3 is 6.18 Å². The van der Waals surface area contributed by atoms with Gasteiger partial charge in [-0.3, -0.25) is 0 Å². The van der Waals surface area contributed by atoms with Crippen LogP contribution < -0.4 is 0 Å². The molecule has 0 aliphatic carbocycles. The molecule has 1 aromatic heterocycles. The molecule has 3 nitrogen and oxygen atoms in total. The Morgan fingerprint density at radius 3 is 2.50 bits per heavy atom. The minimum atomic E-state index is -4.46. The van der Waals surface area contributed by atoms with Gasteiger partial charge in [-0.05, 0) is 43.0 Å². The fourth-order valence-electron chi connectivity index (χ4n) is 1.83. The second-order valence-corrected chi connectivity index (χ2v) is 5.98. The van der Waals surface area contributed by atoms with Crippen LogP contribution in [0.4, 0.5) is 13.2 Å². The van der Waals surface area contributed by atoms with Crippen molar-refractivity contribution in [3.05, 3.63) is 41.4 Å². The summed E-state index contributed by atoms with van der Waals surface area (Å²) in [4.78, 5) is 0.